The van der Waals surface area contributed by atoms with Gasteiger partial charge in [0.1, 0.15) is 6.61 Å². The average molecular weight is 251 g/mol. The molecule has 0 fully saturated rings. The zero-order valence-electron chi connectivity index (χ0n) is 9.63. The van der Waals surface area contributed by atoms with E-state index in [0.717, 1.165) is 12.1 Å². The molecule has 0 aliphatic rings. The SMILES string of the molecule is Cn1nccc1CCNCCOCC(F)(F)F. The van der Waals surface area contributed by atoms with Gasteiger partial charge in [0.2, 0.25) is 0 Å². The predicted molar refractivity (Wildman–Crippen MR) is 56.7 cm³/mol. The lowest BCUT2D eigenvalue weighted by atomic mass is 10.3. The molecule has 0 saturated carbocycles. The molecule has 0 radical (unpaired) electrons. The van der Waals surface area contributed by atoms with Crippen LogP contribution in [-0.2, 0) is 18.2 Å². The van der Waals surface area contributed by atoms with Gasteiger partial charge in [0.05, 0.1) is 6.61 Å². The zero-order chi connectivity index (χ0) is 12.7. The van der Waals surface area contributed by atoms with Gasteiger partial charge in [-0.05, 0) is 6.07 Å². The standard InChI is InChI=1S/C10H16F3N3O/c1-16-9(3-5-15-16)2-4-14-6-7-17-8-10(11,12)13/h3,5,14H,2,4,6-8H2,1H3. The summed E-state index contributed by atoms with van der Waals surface area (Å²) in [4.78, 5) is 0. The van der Waals surface area contributed by atoms with Crippen molar-refractivity contribution in [3.63, 3.8) is 0 Å². The maximum atomic E-state index is 11.7. The molecule has 0 aliphatic carbocycles. The predicted octanol–water partition coefficient (Wildman–Crippen LogP) is 1.13. The third-order valence-corrected chi connectivity index (χ3v) is 2.17. The van der Waals surface area contributed by atoms with E-state index in [4.69, 9.17) is 0 Å². The van der Waals surface area contributed by atoms with Crippen molar-refractivity contribution in [3.8, 4) is 0 Å². The number of aryl methyl sites for hydroxylation is 1. The van der Waals surface area contributed by atoms with Crippen LogP contribution in [0.1, 0.15) is 5.69 Å². The lowest BCUT2D eigenvalue weighted by Crippen LogP contribution is -2.25. The number of alkyl halides is 3. The van der Waals surface area contributed by atoms with Crippen molar-refractivity contribution in [3.05, 3.63) is 18.0 Å². The van der Waals surface area contributed by atoms with E-state index < -0.39 is 12.8 Å². The van der Waals surface area contributed by atoms with Crippen molar-refractivity contribution < 1.29 is 17.9 Å². The molecule has 4 nitrogen and oxygen atoms in total. The molecule has 0 amide bonds. The van der Waals surface area contributed by atoms with Crippen molar-refractivity contribution in [1.29, 1.82) is 0 Å². The summed E-state index contributed by atoms with van der Waals surface area (Å²) in [6.45, 7) is -0.0237. The number of aromatic nitrogens is 2. The lowest BCUT2D eigenvalue weighted by molar-refractivity contribution is -0.173. The largest absolute Gasteiger partial charge is 0.411 e. The molecule has 1 aromatic rings. The summed E-state index contributed by atoms with van der Waals surface area (Å²) < 4.78 is 41.3. The first-order valence-electron chi connectivity index (χ1n) is 5.31. The van der Waals surface area contributed by atoms with Crippen LogP contribution in [0.5, 0.6) is 0 Å². The van der Waals surface area contributed by atoms with Gasteiger partial charge in [-0.1, -0.05) is 0 Å². The van der Waals surface area contributed by atoms with E-state index in [1.807, 2.05) is 13.1 Å². The summed E-state index contributed by atoms with van der Waals surface area (Å²) >= 11 is 0. The second-order valence-electron chi connectivity index (χ2n) is 3.61. The first-order valence-corrected chi connectivity index (χ1v) is 5.31. The van der Waals surface area contributed by atoms with E-state index in [-0.39, 0.29) is 6.61 Å². The Morgan fingerprint density at radius 2 is 2.18 bits per heavy atom. The van der Waals surface area contributed by atoms with Crippen molar-refractivity contribution in [1.82, 2.24) is 15.1 Å². The molecular weight excluding hydrogens is 235 g/mol. The Balaban J connectivity index is 1.97. The monoisotopic (exact) mass is 251 g/mol. The maximum Gasteiger partial charge on any atom is 0.411 e. The van der Waals surface area contributed by atoms with Crippen LogP contribution < -0.4 is 5.32 Å². The molecule has 98 valence electrons. The fourth-order valence-electron chi connectivity index (χ4n) is 1.32. The maximum absolute atomic E-state index is 11.7. The van der Waals surface area contributed by atoms with Crippen LogP contribution in [0.25, 0.3) is 0 Å². The van der Waals surface area contributed by atoms with Gasteiger partial charge >= 0.3 is 6.18 Å². The van der Waals surface area contributed by atoms with E-state index in [1.165, 1.54) is 0 Å². The lowest BCUT2D eigenvalue weighted by Gasteiger charge is -2.08. The number of hydrogen-bond acceptors (Lipinski definition) is 3. The molecule has 1 aromatic heterocycles. The number of nitrogens with zero attached hydrogens (tertiary/aromatic N) is 2. The third-order valence-electron chi connectivity index (χ3n) is 2.17. The van der Waals surface area contributed by atoms with Crippen LogP contribution in [-0.4, -0.2) is 42.3 Å². The minimum atomic E-state index is -4.24. The van der Waals surface area contributed by atoms with Gasteiger partial charge in [-0.25, -0.2) is 0 Å². The number of rotatable bonds is 7. The van der Waals surface area contributed by atoms with E-state index >= 15 is 0 Å². The van der Waals surface area contributed by atoms with E-state index in [9.17, 15) is 13.2 Å². The van der Waals surface area contributed by atoms with Crippen LogP contribution in [0.2, 0.25) is 0 Å². The second-order valence-corrected chi connectivity index (χ2v) is 3.61. The minimum absolute atomic E-state index is 0.0604. The number of halogens is 3. The van der Waals surface area contributed by atoms with Crippen molar-refractivity contribution in [2.24, 2.45) is 7.05 Å². The van der Waals surface area contributed by atoms with Gasteiger partial charge in [0, 0.05) is 38.4 Å². The first-order chi connectivity index (χ1) is 7.99. The van der Waals surface area contributed by atoms with Crippen LogP contribution in [0, 0.1) is 0 Å². The molecule has 0 unspecified atom stereocenters. The quantitative estimate of drug-likeness (QED) is 0.738. The van der Waals surface area contributed by atoms with Crippen LogP contribution in [0.4, 0.5) is 13.2 Å². The highest BCUT2D eigenvalue weighted by atomic mass is 19.4. The molecule has 0 spiro atoms. The Morgan fingerprint density at radius 1 is 1.41 bits per heavy atom. The number of hydrogen-bond donors (Lipinski definition) is 1. The number of nitrogens with one attached hydrogen (secondary N) is 1. The smallest absolute Gasteiger partial charge is 0.371 e. The van der Waals surface area contributed by atoms with Gasteiger partial charge < -0.3 is 10.1 Å². The van der Waals surface area contributed by atoms with Crippen LogP contribution in [0.15, 0.2) is 12.3 Å². The van der Waals surface area contributed by atoms with Gasteiger partial charge in [-0.2, -0.15) is 18.3 Å². The van der Waals surface area contributed by atoms with E-state index in [2.05, 4.69) is 15.2 Å². The molecule has 0 aromatic carbocycles. The third kappa shape index (κ3) is 6.28. The Kier molecular flexibility index (Phi) is 5.43. The normalized spacial score (nSPS) is 12.0. The fourth-order valence-corrected chi connectivity index (χ4v) is 1.32. The van der Waals surface area contributed by atoms with Crippen molar-refractivity contribution in [2.45, 2.75) is 12.6 Å². The topological polar surface area (TPSA) is 39.1 Å². The molecule has 1 heterocycles. The highest BCUT2D eigenvalue weighted by molar-refractivity contribution is 5.00. The fraction of sp³-hybridized carbons (Fsp3) is 0.700. The Labute approximate surface area is 97.8 Å². The second kappa shape index (κ2) is 6.61. The first kappa shape index (κ1) is 14.0. The molecule has 1 rings (SSSR count). The minimum Gasteiger partial charge on any atom is -0.371 e. The van der Waals surface area contributed by atoms with Crippen LogP contribution >= 0.6 is 0 Å². The summed E-state index contributed by atoms with van der Waals surface area (Å²) in [6, 6.07) is 1.90. The van der Waals surface area contributed by atoms with Gasteiger partial charge in [0.15, 0.2) is 0 Å². The number of ether oxygens (including phenoxy) is 1. The van der Waals surface area contributed by atoms with Gasteiger partial charge in [-0.15, -0.1) is 0 Å². The van der Waals surface area contributed by atoms with E-state index in [0.29, 0.717) is 13.1 Å². The summed E-state index contributed by atoms with van der Waals surface area (Å²) in [6.07, 6.45) is -1.74. The van der Waals surface area contributed by atoms with E-state index in [1.54, 1.807) is 10.9 Å². The van der Waals surface area contributed by atoms with Gasteiger partial charge in [-0.3, -0.25) is 4.68 Å². The van der Waals surface area contributed by atoms with Gasteiger partial charge in [0.25, 0.3) is 0 Å². The highest BCUT2D eigenvalue weighted by Crippen LogP contribution is 2.13. The Morgan fingerprint density at radius 3 is 2.76 bits per heavy atom. The Hall–Kier alpha value is -1.08. The summed E-state index contributed by atoms with van der Waals surface area (Å²) in [5.41, 5.74) is 1.08. The summed E-state index contributed by atoms with van der Waals surface area (Å²) in [7, 11) is 1.85. The molecule has 0 aliphatic heterocycles. The molecule has 17 heavy (non-hydrogen) atoms. The average Bonchev–Trinajstić information content (AvgIpc) is 2.61. The molecular formula is C10H16F3N3O. The summed E-state index contributed by atoms with van der Waals surface area (Å²) in [5, 5.41) is 7.01. The van der Waals surface area contributed by atoms with Crippen molar-refractivity contribution >= 4 is 0 Å². The molecule has 1 N–H and O–H groups in total. The summed E-state index contributed by atoms with van der Waals surface area (Å²) in [5.74, 6) is 0. The molecule has 0 bridgehead atoms. The molecule has 0 saturated heterocycles. The van der Waals surface area contributed by atoms with Crippen LogP contribution in [0.3, 0.4) is 0 Å². The zero-order valence-corrected chi connectivity index (χ0v) is 9.63. The Bertz CT molecular complexity index is 325. The highest BCUT2D eigenvalue weighted by Gasteiger charge is 2.27. The molecule has 7 heteroatoms. The van der Waals surface area contributed by atoms with Crippen molar-refractivity contribution in [2.75, 3.05) is 26.3 Å². The molecule has 0 atom stereocenters.